The third-order valence-corrected chi connectivity index (χ3v) is 2.12. The predicted octanol–water partition coefficient (Wildman–Crippen LogP) is 1.35. The third-order valence-electron chi connectivity index (χ3n) is 2.12. The number of nitrogens with two attached hydrogens (primary N) is 1. The second-order valence-electron chi connectivity index (χ2n) is 3.34. The average Bonchev–Trinajstić information content (AvgIpc) is 2.22. The molecule has 84 valence electrons. The fourth-order valence-corrected chi connectivity index (χ4v) is 1.23. The van der Waals surface area contributed by atoms with Gasteiger partial charge in [-0.1, -0.05) is 33.1 Å². The van der Waals surface area contributed by atoms with E-state index in [9.17, 15) is 4.79 Å². The van der Waals surface area contributed by atoms with Crippen molar-refractivity contribution in [3.63, 3.8) is 0 Å². The Morgan fingerprint density at radius 3 is 2.57 bits per heavy atom. The van der Waals surface area contributed by atoms with Crippen molar-refractivity contribution in [1.29, 1.82) is 0 Å². The van der Waals surface area contributed by atoms with Crippen molar-refractivity contribution in [2.24, 2.45) is 5.84 Å². The van der Waals surface area contributed by atoms with Gasteiger partial charge in [-0.05, 0) is 12.8 Å². The van der Waals surface area contributed by atoms with E-state index in [0.29, 0.717) is 13.0 Å². The smallest absolute Gasteiger partial charge is 0.262 e. The maximum Gasteiger partial charge on any atom is 0.262 e. The minimum absolute atomic E-state index is 0.233. The summed E-state index contributed by atoms with van der Waals surface area (Å²) in [6.07, 6.45) is 4.89. The Morgan fingerprint density at radius 1 is 1.36 bits per heavy atom. The highest BCUT2D eigenvalue weighted by Gasteiger charge is 2.14. The molecule has 3 N–H and O–H groups in total. The summed E-state index contributed by atoms with van der Waals surface area (Å²) in [4.78, 5) is 11.1. The Kier molecular flexibility index (Phi) is 8.57. The van der Waals surface area contributed by atoms with Gasteiger partial charge in [0.15, 0.2) is 0 Å². The maximum atomic E-state index is 11.1. The molecular weight excluding hydrogens is 180 g/mol. The molecule has 0 saturated heterocycles. The number of amides is 1. The van der Waals surface area contributed by atoms with Crippen molar-refractivity contribution in [2.75, 3.05) is 6.61 Å². The molecule has 0 aliphatic carbocycles. The number of hydrogen-bond acceptors (Lipinski definition) is 3. The summed E-state index contributed by atoms with van der Waals surface area (Å²) in [5, 5.41) is 0. The fourth-order valence-electron chi connectivity index (χ4n) is 1.23. The highest BCUT2D eigenvalue weighted by atomic mass is 16.5. The number of hydrazine groups is 1. The summed E-state index contributed by atoms with van der Waals surface area (Å²) in [7, 11) is 0. The van der Waals surface area contributed by atoms with Gasteiger partial charge in [0.25, 0.3) is 5.91 Å². The first-order valence-electron chi connectivity index (χ1n) is 5.38. The summed E-state index contributed by atoms with van der Waals surface area (Å²) in [5.41, 5.74) is 2.10. The van der Waals surface area contributed by atoms with Gasteiger partial charge in [0.1, 0.15) is 6.10 Å². The van der Waals surface area contributed by atoms with E-state index < -0.39 is 0 Å². The Morgan fingerprint density at radius 2 is 2.07 bits per heavy atom. The summed E-state index contributed by atoms with van der Waals surface area (Å²) < 4.78 is 5.40. The second kappa shape index (κ2) is 8.97. The van der Waals surface area contributed by atoms with Gasteiger partial charge in [-0.2, -0.15) is 0 Å². The molecule has 0 radical (unpaired) electrons. The largest absolute Gasteiger partial charge is 0.368 e. The van der Waals surface area contributed by atoms with E-state index in [2.05, 4.69) is 12.3 Å². The zero-order chi connectivity index (χ0) is 10.8. The molecule has 0 spiro atoms. The van der Waals surface area contributed by atoms with E-state index in [1.54, 1.807) is 0 Å². The van der Waals surface area contributed by atoms with Crippen LogP contribution in [0, 0.1) is 0 Å². The lowest BCUT2D eigenvalue weighted by molar-refractivity contribution is -0.133. The molecule has 0 saturated carbocycles. The van der Waals surface area contributed by atoms with Crippen molar-refractivity contribution >= 4 is 5.91 Å². The van der Waals surface area contributed by atoms with Gasteiger partial charge >= 0.3 is 0 Å². The normalized spacial score (nSPS) is 12.5. The third kappa shape index (κ3) is 5.94. The first-order chi connectivity index (χ1) is 6.76. The number of ether oxygens (including phenoxy) is 1. The van der Waals surface area contributed by atoms with E-state index in [0.717, 1.165) is 12.8 Å². The number of rotatable bonds is 8. The van der Waals surface area contributed by atoms with Gasteiger partial charge in [-0.15, -0.1) is 0 Å². The molecule has 1 atom stereocenters. The number of carbonyl (C=O) groups is 1. The topological polar surface area (TPSA) is 64.3 Å². The Labute approximate surface area is 86.2 Å². The first kappa shape index (κ1) is 13.4. The SMILES string of the molecule is CCCCCCOC(CC)C(=O)NN. The van der Waals surface area contributed by atoms with Crippen LogP contribution in [0.4, 0.5) is 0 Å². The molecule has 0 rings (SSSR count). The van der Waals surface area contributed by atoms with Gasteiger partial charge in [-0.3, -0.25) is 10.2 Å². The van der Waals surface area contributed by atoms with Crippen LogP contribution < -0.4 is 11.3 Å². The molecule has 0 fully saturated rings. The van der Waals surface area contributed by atoms with Crippen LogP contribution in [0.25, 0.3) is 0 Å². The van der Waals surface area contributed by atoms with Gasteiger partial charge in [0.05, 0.1) is 0 Å². The van der Waals surface area contributed by atoms with Crippen molar-refractivity contribution in [3.8, 4) is 0 Å². The molecule has 0 heterocycles. The summed E-state index contributed by atoms with van der Waals surface area (Å²) in [5.74, 6) is 4.79. The highest BCUT2D eigenvalue weighted by Crippen LogP contribution is 2.03. The van der Waals surface area contributed by atoms with Crippen molar-refractivity contribution in [3.05, 3.63) is 0 Å². The van der Waals surface area contributed by atoms with E-state index in [-0.39, 0.29) is 12.0 Å². The number of carbonyl (C=O) groups excluding carboxylic acids is 1. The minimum atomic E-state index is -0.387. The number of hydrogen-bond donors (Lipinski definition) is 2. The van der Waals surface area contributed by atoms with Crippen LogP contribution in [0.5, 0.6) is 0 Å². The monoisotopic (exact) mass is 202 g/mol. The van der Waals surface area contributed by atoms with Gasteiger partial charge < -0.3 is 4.74 Å². The lowest BCUT2D eigenvalue weighted by Gasteiger charge is -2.13. The molecule has 0 aromatic carbocycles. The van der Waals surface area contributed by atoms with Crippen LogP contribution >= 0.6 is 0 Å². The van der Waals surface area contributed by atoms with Crippen LogP contribution in [0.15, 0.2) is 0 Å². The maximum absolute atomic E-state index is 11.1. The number of nitrogens with one attached hydrogen (secondary N) is 1. The molecule has 0 bridgehead atoms. The number of unbranched alkanes of at least 4 members (excludes halogenated alkanes) is 3. The van der Waals surface area contributed by atoms with Crippen LogP contribution in [-0.4, -0.2) is 18.6 Å². The molecular formula is C10H22N2O2. The highest BCUT2D eigenvalue weighted by molar-refractivity contribution is 5.79. The van der Waals surface area contributed by atoms with Crippen molar-refractivity contribution in [2.45, 2.75) is 52.1 Å². The quantitative estimate of drug-likeness (QED) is 0.270. The molecule has 4 nitrogen and oxygen atoms in total. The first-order valence-corrected chi connectivity index (χ1v) is 5.38. The van der Waals surface area contributed by atoms with E-state index in [4.69, 9.17) is 10.6 Å². The summed E-state index contributed by atoms with van der Waals surface area (Å²) in [6.45, 7) is 4.72. The van der Waals surface area contributed by atoms with Gasteiger partial charge in [0, 0.05) is 6.61 Å². The van der Waals surface area contributed by atoms with Crippen LogP contribution in [0.2, 0.25) is 0 Å². The van der Waals surface area contributed by atoms with E-state index in [1.165, 1.54) is 12.8 Å². The molecule has 0 aromatic heterocycles. The summed E-state index contributed by atoms with van der Waals surface area (Å²) >= 11 is 0. The van der Waals surface area contributed by atoms with Crippen LogP contribution in [-0.2, 0) is 9.53 Å². The average molecular weight is 202 g/mol. The van der Waals surface area contributed by atoms with Crippen molar-refractivity contribution < 1.29 is 9.53 Å². The lowest BCUT2D eigenvalue weighted by atomic mass is 10.2. The zero-order valence-electron chi connectivity index (χ0n) is 9.21. The molecule has 14 heavy (non-hydrogen) atoms. The Bertz CT molecular complexity index is 151. The lowest BCUT2D eigenvalue weighted by Crippen LogP contribution is -2.40. The second-order valence-corrected chi connectivity index (χ2v) is 3.34. The van der Waals surface area contributed by atoms with Gasteiger partial charge in [-0.25, -0.2) is 5.84 Å². The van der Waals surface area contributed by atoms with E-state index in [1.807, 2.05) is 6.92 Å². The standard InChI is InChI=1S/C10H22N2O2/c1-3-5-6-7-8-14-9(4-2)10(13)12-11/h9H,3-8,11H2,1-2H3,(H,12,13). The molecule has 4 heteroatoms. The molecule has 0 aliphatic rings. The summed E-state index contributed by atoms with van der Waals surface area (Å²) in [6, 6.07) is 0. The van der Waals surface area contributed by atoms with Crippen molar-refractivity contribution in [1.82, 2.24) is 5.43 Å². The predicted molar refractivity (Wildman–Crippen MR) is 56.5 cm³/mol. The molecule has 0 aromatic rings. The zero-order valence-corrected chi connectivity index (χ0v) is 9.21. The Balaban J connectivity index is 3.48. The van der Waals surface area contributed by atoms with Gasteiger partial charge in [0.2, 0.25) is 0 Å². The fraction of sp³-hybridized carbons (Fsp3) is 0.900. The van der Waals surface area contributed by atoms with E-state index >= 15 is 0 Å². The van der Waals surface area contributed by atoms with Crippen LogP contribution in [0.1, 0.15) is 46.0 Å². The minimum Gasteiger partial charge on any atom is -0.368 e. The molecule has 0 aliphatic heterocycles. The van der Waals surface area contributed by atoms with Crippen LogP contribution in [0.3, 0.4) is 0 Å². The molecule has 1 amide bonds. The molecule has 1 unspecified atom stereocenters. The Hall–Kier alpha value is -0.610.